The van der Waals surface area contributed by atoms with Gasteiger partial charge in [0.1, 0.15) is 0 Å². The standard InChI is InChI=1S/C19H15F3O5/c20-19(21,22)14-5-2-12(3-6-14)18(24)27-11-15(23)13-4-7-16-17(10-13)26-9-1-8-25-16/h2-7,10H,1,8-9,11H2. The molecule has 0 bridgehead atoms. The number of carbonyl (C=O) groups excluding carboxylic acids is 2. The predicted octanol–water partition coefficient (Wildman–Crippen LogP) is 3.91. The summed E-state index contributed by atoms with van der Waals surface area (Å²) >= 11 is 0. The van der Waals surface area contributed by atoms with E-state index in [1.54, 1.807) is 6.07 Å². The zero-order valence-electron chi connectivity index (χ0n) is 14.0. The Kier molecular flexibility index (Phi) is 5.34. The smallest absolute Gasteiger partial charge is 0.416 e. The van der Waals surface area contributed by atoms with Crippen LogP contribution in [0.5, 0.6) is 11.5 Å². The summed E-state index contributed by atoms with van der Waals surface area (Å²) in [5, 5.41) is 0. The van der Waals surface area contributed by atoms with Gasteiger partial charge in [0.25, 0.3) is 0 Å². The number of ketones is 1. The van der Waals surface area contributed by atoms with E-state index in [0.717, 1.165) is 30.7 Å². The van der Waals surface area contributed by atoms with Crippen LogP contribution in [0.3, 0.4) is 0 Å². The Labute approximate surface area is 152 Å². The van der Waals surface area contributed by atoms with Crippen molar-refractivity contribution in [2.24, 2.45) is 0 Å². The molecule has 27 heavy (non-hydrogen) atoms. The lowest BCUT2D eigenvalue weighted by atomic mass is 10.1. The molecule has 2 aromatic carbocycles. The molecule has 0 spiro atoms. The van der Waals surface area contributed by atoms with E-state index in [1.807, 2.05) is 0 Å². The van der Waals surface area contributed by atoms with E-state index in [1.165, 1.54) is 12.1 Å². The summed E-state index contributed by atoms with van der Waals surface area (Å²) in [4.78, 5) is 24.1. The van der Waals surface area contributed by atoms with Gasteiger partial charge in [0.15, 0.2) is 23.9 Å². The topological polar surface area (TPSA) is 61.8 Å². The van der Waals surface area contributed by atoms with Gasteiger partial charge in [-0.1, -0.05) is 0 Å². The third-order valence-electron chi connectivity index (χ3n) is 3.85. The number of benzene rings is 2. The second-order valence-electron chi connectivity index (χ2n) is 5.79. The minimum absolute atomic E-state index is 0.0746. The van der Waals surface area contributed by atoms with Crippen molar-refractivity contribution in [3.63, 3.8) is 0 Å². The van der Waals surface area contributed by atoms with Gasteiger partial charge in [0, 0.05) is 12.0 Å². The minimum Gasteiger partial charge on any atom is -0.490 e. The first-order valence-corrected chi connectivity index (χ1v) is 8.12. The van der Waals surface area contributed by atoms with Gasteiger partial charge in [-0.25, -0.2) is 4.79 Å². The van der Waals surface area contributed by atoms with E-state index in [0.29, 0.717) is 24.7 Å². The lowest BCUT2D eigenvalue weighted by Crippen LogP contribution is -2.15. The van der Waals surface area contributed by atoms with Crippen LogP contribution in [-0.4, -0.2) is 31.6 Å². The Morgan fingerprint density at radius 3 is 2.22 bits per heavy atom. The average molecular weight is 380 g/mol. The van der Waals surface area contributed by atoms with Gasteiger partial charge in [0.05, 0.1) is 24.3 Å². The van der Waals surface area contributed by atoms with Crippen LogP contribution in [0.2, 0.25) is 0 Å². The summed E-state index contributed by atoms with van der Waals surface area (Å²) in [5.41, 5.74) is -0.670. The summed E-state index contributed by atoms with van der Waals surface area (Å²) in [5.74, 6) is -0.379. The quantitative estimate of drug-likeness (QED) is 0.595. The molecule has 1 heterocycles. The maximum absolute atomic E-state index is 12.5. The van der Waals surface area contributed by atoms with Gasteiger partial charge in [0.2, 0.25) is 0 Å². The number of ether oxygens (including phenoxy) is 3. The molecule has 0 fully saturated rings. The summed E-state index contributed by atoms with van der Waals surface area (Å²) in [6, 6.07) is 8.21. The van der Waals surface area contributed by atoms with Crippen molar-refractivity contribution in [3.05, 3.63) is 59.2 Å². The highest BCUT2D eigenvalue weighted by molar-refractivity contribution is 5.99. The molecule has 8 heteroatoms. The van der Waals surface area contributed by atoms with Crippen LogP contribution >= 0.6 is 0 Å². The first kappa shape index (κ1) is 18.8. The van der Waals surface area contributed by atoms with Crippen LogP contribution in [0.4, 0.5) is 13.2 Å². The molecule has 2 aromatic rings. The summed E-state index contributed by atoms with van der Waals surface area (Å²) in [7, 11) is 0. The summed E-state index contributed by atoms with van der Waals surface area (Å²) < 4.78 is 53.4. The van der Waals surface area contributed by atoms with Crippen molar-refractivity contribution >= 4 is 11.8 Å². The number of hydrogen-bond donors (Lipinski definition) is 0. The molecule has 0 atom stereocenters. The third kappa shape index (κ3) is 4.58. The van der Waals surface area contributed by atoms with E-state index in [-0.39, 0.29) is 11.1 Å². The van der Waals surface area contributed by atoms with Gasteiger partial charge < -0.3 is 14.2 Å². The van der Waals surface area contributed by atoms with Crippen LogP contribution in [0.25, 0.3) is 0 Å². The summed E-state index contributed by atoms with van der Waals surface area (Å²) in [6.07, 6.45) is -3.77. The molecule has 0 saturated carbocycles. The van der Waals surface area contributed by atoms with Gasteiger partial charge in [-0.05, 0) is 42.5 Å². The first-order valence-electron chi connectivity index (χ1n) is 8.12. The Morgan fingerprint density at radius 2 is 1.56 bits per heavy atom. The van der Waals surface area contributed by atoms with Crippen molar-refractivity contribution in [3.8, 4) is 11.5 Å². The Balaban J connectivity index is 1.62. The second-order valence-corrected chi connectivity index (χ2v) is 5.79. The number of halogens is 3. The number of alkyl halides is 3. The van der Waals surface area contributed by atoms with E-state index >= 15 is 0 Å². The fraction of sp³-hybridized carbons (Fsp3) is 0.263. The maximum Gasteiger partial charge on any atom is 0.416 e. The van der Waals surface area contributed by atoms with E-state index in [2.05, 4.69) is 0 Å². The van der Waals surface area contributed by atoms with Gasteiger partial charge in [-0.3, -0.25) is 4.79 Å². The number of fused-ring (bicyclic) bond motifs is 1. The highest BCUT2D eigenvalue weighted by Gasteiger charge is 2.30. The van der Waals surface area contributed by atoms with Crippen LogP contribution in [0.15, 0.2) is 42.5 Å². The van der Waals surface area contributed by atoms with E-state index in [9.17, 15) is 22.8 Å². The molecular formula is C19H15F3O5. The highest BCUT2D eigenvalue weighted by atomic mass is 19.4. The van der Waals surface area contributed by atoms with Gasteiger partial charge >= 0.3 is 12.1 Å². The molecule has 3 rings (SSSR count). The molecule has 0 N–H and O–H groups in total. The van der Waals surface area contributed by atoms with E-state index in [4.69, 9.17) is 14.2 Å². The molecule has 142 valence electrons. The third-order valence-corrected chi connectivity index (χ3v) is 3.85. The Bertz CT molecular complexity index is 843. The predicted molar refractivity (Wildman–Crippen MR) is 88.1 cm³/mol. The fourth-order valence-electron chi connectivity index (χ4n) is 2.43. The minimum atomic E-state index is -4.49. The van der Waals surface area contributed by atoms with Gasteiger partial charge in [-0.15, -0.1) is 0 Å². The number of hydrogen-bond acceptors (Lipinski definition) is 5. The number of esters is 1. The average Bonchev–Trinajstić information content (AvgIpc) is 2.90. The van der Waals surface area contributed by atoms with Crippen molar-refractivity contribution < 1.29 is 37.0 Å². The molecule has 1 aliphatic rings. The second kappa shape index (κ2) is 7.69. The first-order chi connectivity index (χ1) is 12.8. The molecular weight excluding hydrogens is 365 g/mol. The van der Waals surface area contributed by atoms with Crippen LogP contribution in [0, 0.1) is 0 Å². The Morgan fingerprint density at radius 1 is 0.926 bits per heavy atom. The molecule has 0 radical (unpaired) electrons. The number of rotatable bonds is 4. The number of Topliss-reactive ketones (excluding diaryl/α,β-unsaturated/α-hetero) is 1. The SMILES string of the molecule is O=C(COC(=O)c1ccc(C(F)(F)F)cc1)c1ccc2c(c1)OCCCO2. The summed E-state index contributed by atoms with van der Waals surface area (Å²) in [6.45, 7) is 0.443. The molecule has 5 nitrogen and oxygen atoms in total. The highest BCUT2D eigenvalue weighted by Crippen LogP contribution is 2.31. The maximum atomic E-state index is 12.5. The normalized spacial score (nSPS) is 13.6. The monoisotopic (exact) mass is 380 g/mol. The van der Waals surface area contributed by atoms with Crippen LogP contribution < -0.4 is 9.47 Å². The molecule has 0 aromatic heterocycles. The van der Waals surface area contributed by atoms with Crippen LogP contribution in [0.1, 0.15) is 32.7 Å². The zero-order valence-corrected chi connectivity index (χ0v) is 14.0. The fourth-order valence-corrected chi connectivity index (χ4v) is 2.43. The van der Waals surface area contributed by atoms with Crippen molar-refractivity contribution in [2.75, 3.05) is 19.8 Å². The van der Waals surface area contributed by atoms with Crippen molar-refractivity contribution in [2.45, 2.75) is 12.6 Å². The van der Waals surface area contributed by atoms with Crippen LogP contribution in [-0.2, 0) is 10.9 Å². The molecule has 0 unspecified atom stereocenters. The zero-order chi connectivity index (χ0) is 19.4. The van der Waals surface area contributed by atoms with E-state index < -0.39 is 30.1 Å². The molecule has 0 saturated heterocycles. The van der Waals surface area contributed by atoms with Crippen molar-refractivity contribution in [1.29, 1.82) is 0 Å². The number of carbonyl (C=O) groups is 2. The lowest BCUT2D eigenvalue weighted by Gasteiger charge is -2.10. The molecule has 0 amide bonds. The van der Waals surface area contributed by atoms with Crippen molar-refractivity contribution in [1.82, 2.24) is 0 Å². The lowest BCUT2D eigenvalue weighted by molar-refractivity contribution is -0.137. The Hall–Kier alpha value is -3.03. The molecule has 1 aliphatic heterocycles. The largest absolute Gasteiger partial charge is 0.490 e. The van der Waals surface area contributed by atoms with Gasteiger partial charge in [-0.2, -0.15) is 13.2 Å². The molecule has 0 aliphatic carbocycles.